The number of hydrogen-bond acceptors (Lipinski definition) is 7. The standard InChI is InChI=1S/C15H16ClN3O4S/c1-4-11-13(24-19-18-11)15(21)23-8(2)14(20)17-9-5-6-12(22-3)10(16)7-9/h5-8H,4H2,1-3H3,(H,17,20)/t8-/m1/s1. The highest BCUT2D eigenvalue weighted by atomic mass is 35.5. The summed E-state index contributed by atoms with van der Waals surface area (Å²) < 4.78 is 13.9. The van der Waals surface area contributed by atoms with Gasteiger partial charge >= 0.3 is 5.97 Å². The van der Waals surface area contributed by atoms with Crippen LogP contribution in [0.1, 0.15) is 29.2 Å². The lowest BCUT2D eigenvalue weighted by Crippen LogP contribution is -2.30. The van der Waals surface area contributed by atoms with E-state index in [4.69, 9.17) is 21.1 Å². The summed E-state index contributed by atoms with van der Waals surface area (Å²) in [6.07, 6.45) is -0.420. The van der Waals surface area contributed by atoms with Crippen molar-refractivity contribution >= 4 is 40.7 Å². The highest BCUT2D eigenvalue weighted by Crippen LogP contribution is 2.27. The second-order valence-electron chi connectivity index (χ2n) is 4.79. The maximum Gasteiger partial charge on any atom is 0.352 e. The Morgan fingerprint density at radius 1 is 1.42 bits per heavy atom. The average Bonchev–Trinajstić information content (AvgIpc) is 3.03. The lowest BCUT2D eigenvalue weighted by atomic mass is 10.2. The molecular weight excluding hydrogens is 354 g/mol. The van der Waals surface area contributed by atoms with Crippen LogP contribution in [0.3, 0.4) is 0 Å². The molecule has 0 saturated carbocycles. The van der Waals surface area contributed by atoms with Gasteiger partial charge in [0.15, 0.2) is 11.0 Å². The van der Waals surface area contributed by atoms with Crippen molar-refractivity contribution < 1.29 is 19.1 Å². The average molecular weight is 370 g/mol. The van der Waals surface area contributed by atoms with Crippen molar-refractivity contribution in [2.75, 3.05) is 12.4 Å². The third-order valence-electron chi connectivity index (χ3n) is 3.15. The number of hydrogen-bond donors (Lipinski definition) is 1. The van der Waals surface area contributed by atoms with E-state index in [-0.39, 0.29) is 0 Å². The Morgan fingerprint density at radius 3 is 2.79 bits per heavy atom. The van der Waals surface area contributed by atoms with E-state index in [1.165, 1.54) is 14.0 Å². The molecule has 2 rings (SSSR count). The van der Waals surface area contributed by atoms with Gasteiger partial charge in [-0.15, -0.1) is 5.10 Å². The summed E-state index contributed by atoms with van der Waals surface area (Å²) in [7, 11) is 1.50. The zero-order chi connectivity index (χ0) is 17.7. The van der Waals surface area contributed by atoms with Crippen LogP contribution in [0.2, 0.25) is 5.02 Å². The number of aromatic nitrogens is 2. The number of methoxy groups -OCH3 is 1. The molecule has 9 heteroatoms. The molecule has 0 aliphatic rings. The number of rotatable bonds is 6. The molecule has 1 aromatic carbocycles. The molecule has 1 aromatic heterocycles. The van der Waals surface area contributed by atoms with Crippen molar-refractivity contribution in [1.82, 2.24) is 9.59 Å². The van der Waals surface area contributed by atoms with E-state index in [1.54, 1.807) is 18.2 Å². The molecule has 128 valence electrons. The number of nitrogens with zero attached hydrogens (tertiary/aromatic N) is 2. The van der Waals surface area contributed by atoms with Crippen LogP contribution in [0.5, 0.6) is 5.75 Å². The first-order chi connectivity index (χ1) is 11.5. The van der Waals surface area contributed by atoms with Gasteiger partial charge in [-0.25, -0.2) is 4.79 Å². The number of ether oxygens (including phenoxy) is 2. The largest absolute Gasteiger partial charge is 0.495 e. The van der Waals surface area contributed by atoms with Crippen LogP contribution in [0.15, 0.2) is 18.2 Å². The lowest BCUT2D eigenvalue weighted by molar-refractivity contribution is -0.123. The molecule has 1 N–H and O–H groups in total. The van der Waals surface area contributed by atoms with Crippen LogP contribution in [0.25, 0.3) is 0 Å². The Morgan fingerprint density at radius 2 is 2.17 bits per heavy atom. The number of aryl methyl sites for hydroxylation is 1. The first kappa shape index (κ1) is 18.2. The minimum absolute atomic E-state index is 0.310. The fraction of sp³-hybridized carbons (Fsp3) is 0.333. The lowest BCUT2D eigenvalue weighted by Gasteiger charge is -2.13. The van der Waals surface area contributed by atoms with Crippen molar-refractivity contribution in [3.05, 3.63) is 33.8 Å². The number of carbonyl (C=O) groups is 2. The third-order valence-corrected chi connectivity index (χ3v) is 4.19. The fourth-order valence-electron chi connectivity index (χ4n) is 1.85. The van der Waals surface area contributed by atoms with Crippen molar-refractivity contribution in [2.24, 2.45) is 0 Å². The summed E-state index contributed by atoms with van der Waals surface area (Å²) in [5.74, 6) is -0.587. The number of halogens is 1. The molecule has 2 aromatic rings. The molecule has 0 unspecified atom stereocenters. The normalized spacial score (nSPS) is 11.7. The highest BCUT2D eigenvalue weighted by molar-refractivity contribution is 7.07. The van der Waals surface area contributed by atoms with Gasteiger partial charge in [0.25, 0.3) is 5.91 Å². The molecule has 0 spiro atoms. The zero-order valence-electron chi connectivity index (χ0n) is 13.3. The Labute approximate surface area is 148 Å². The molecule has 7 nitrogen and oxygen atoms in total. The Balaban J connectivity index is 1.99. The van der Waals surface area contributed by atoms with Gasteiger partial charge in [-0.05, 0) is 43.1 Å². The molecule has 0 fully saturated rings. The van der Waals surface area contributed by atoms with Crippen LogP contribution < -0.4 is 10.1 Å². The molecule has 1 amide bonds. The van der Waals surface area contributed by atoms with Crippen molar-refractivity contribution in [2.45, 2.75) is 26.4 Å². The minimum atomic E-state index is -0.981. The van der Waals surface area contributed by atoms with Gasteiger partial charge in [0.05, 0.1) is 17.8 Å². The summed E-state index contributed by atoms with van der Waals surface area (Å²) in [6, 6.07) is 4.82. The van der Waals surface area contributed by atoms with E-state index < -0.39 is 18.0 Å². The van der Waals surface area contributed by atoms with E-state index in [2.05, 4.69) is 14.9 Å². The van der Waals surface area contributed by atoms with Gasteiger partial charge in [0.1, 0.15) is 5.75 Å². The molecule has 24 heavy (non-hydrogen) atoms. The minimum Gasteiger partial charge on any atom is -0.495 e. The summed E-state index contributed by atoms with van der Waals surface area (Å²) in [5.41, 5.74) is 1.03. The molecule has 0 bridgehead atoms. The van der Waals surface area contributed by atoms with Crippen molar-refractivity contribution in [3.63, 3.8) is 0 Å². The Kier molecular flexibility index (Phi) is 6.10. The smallest absolute Gasteiger partial charge is 0.352 e. The van der Waals surface area contributed by atoms with Gasteiger partial charge in [-0.3, -0.25) is 4.79 Å². The number of esters is 1. The fourth-order valence-corrected chi connectivity index (χ4v) is 2.74. The monoisotopic (exact) mass is 369 g/mol. The second-order valence-corrected chi connectivity index (χ2v) is 5.95. The Bertz CT molecular complexity index is 750. The van der Waals surface area contributed by atoms with Gasteiger partial charge in [0, 0.05) is 5.69 Å². The number of benzene rings is 1. The number of amides is 1. The predicted molar refractivity (Wildman–Crippen MR) is 90.8 cm³/mol. The van der Waals surface area contributed by atoms with Crippen molar-refractivity contribution in [1.29, 1.82) is 0 Å². The summed E-state index contributed by atoms with van der Waals surface area (Å²) in [6.45, 7) is 3.34. The van der Waals surface area contributed by atoms with Crippen LogP contribution in [0.4, 0.5) is 5.69 Å². The van der Waals surface area contributed by atoms with E-state index in [9.17, 15) is 9.59 Å². The van der Waals surface area contributed by atoms with Crippen LogP contribution in [-0.2, 0) is 16.0 Å². The number of anilines is 1. The van der Waals surface area contributed by atoms with Gasteiger partial charge in [-0.2, -0.15) is 0 Å². The SMILES string of the molecule is CCc1nnsc1C(=O)O[C@H](C)C(=O)Nc1ccc(OC)c(Cl)c1. The maximum atomic E-state index is 12.1. The highest BCUT2D eigenvalue weighted by Gasteiger charge is 2.23. The van der Waals surface area contributed by atoms with E-state index in [1.807, 2.05) is 6.92 Å². The maximum absolute atomic E-state index is 12.1. The van der Waals surface area contributed by atoms with Crippen molar-refractivity contribution in [3.8, 4) is 5.75 Å². The first-order valence-electron chi connectivity index (χ1n) is 7.12. The molecule has 0 saturated heterocycles. The van der Waals surface area contributed by atoms with E-state index in [0.717, 1.165) is 11.5 Å². The predicted octanol–water partition coefficient (Wildman–Crippen LogP) is 2.95. The molecule has 0 aliphatic heterocycles. The Hall–Kier alpha value is -2.19. The van der Waals surface area contributed by atoms with E-state index >= 15 is 0 Å². The van der Waals surface area contributed by atoms with Crippen LogP contribution >= 0.6 is 23.1 Å². The third kappa shape index (κ3) is 4.21. The second kappa shape index (κ2) is 8.07. The number of nitrogens with one attached hydrogen (secondary N) is 1. The molecule has 1 atom stereocenters. The van der Waals surface area contributed by atoms with Crippen LogP contribution in [-0.4, -0.2) is 34.7 Å². The van der Waals surface area contributed by atoms with E-state index in [0.29, 0.717) is 33.5 Å². The summed E-state index contributed by atoms with van der Waals surface area (Å²) >= 11 is 6.95. The molecular formula is C15H16ClN3O4S. The summed E-state index contributed by atoms with van der Waals surface area (Å²) in [5, 5.41) is 6.84. The van der Waals surface area contributed by atoms with Crippen LogP contribution in [0, 0.1) is 0 Å². The molecule has 1 heterocycles. The van der Waals surface area contributed by atoms with Gasteiger partial charge < -0.3 is 14.8 Å². The van der Waals surface area contributed by atoms with Gasteiger partial charge in [-0.1, -0.05) is 23.0 Å². The molecule has 0 radical (unpaired) electrons. The number of carbonyl (C=O) groups excluding carboxylic acids is 2. The summed E-state index contributed by atoms with van der Waals surface area (Å²) in [4.78, 5) is 24.5. The topological polar surface area (TPSA) is 90.4 Å². The van der Waals surface area contributed by atoms with Gasteiger partial charge in [0.2, 0.25) is 0 Å². The quantitative estimate of drug-likeness (QED) is 0.787. The molecule has 0 aliphatic carbocycles. The zero-order valence-corrected chi connectivity index (χ0v) is 14.9. The first-order valence-corrected chi connectivity index (χ1v) is 8.28.